The molecule has 2 amide bonds. The lowest BCUT2D eigenvalue weighted by atomic mass is 9.82. The molecule has 0 N–H and O–H groups in total. The largest absolute Gasteiger partial charge is 0.459 e. The van der Waals surface area contributed by atoms with E-state index in [0.29, 0.717) is 101 Å². The zero-order valence-corrected chi connectivity index (χ0v) is 34.8. The van der Waals surface area contributed by atoms with E-state index in [-0.39, 0.29) is 11.8 Å². The molecule has 4 fully saturated rings. The van der Waals surface area contributed by atoms with Crippen molar-refractivity contribution in [1.82, 2.24) is 20.3 Å². The van der Waals surface area contributed by atoms with Gasteiger partial charge in [0.05, 0.1) is 38.6 Å². The topological polar surface area (TPSA) is 112 Å². The predicted molar refractivity (Wildman–Crippen MR) is 211 cm³/mol. The van der Waals surface area contributed by atoms with Gasteiger partial charge in [-0.1, -0.05) is 35.4 Å². The summed E-state index contributed by atoms with van der Waals surface area (Å²) in [6, 6.07) is 8.41. The molecule has 57 heavy (non-hydrogen) atoms. The van der Waals surface area contributed by atoms with E-state index in [4.69, 9.17) is 33.6 Å². The lowest BCUT2D eigenvalue weighted by molar-refractivity contribution is -0.296. The number of rotatable bonds is 10. The van der Waals surface area contributed by atoms with Crippen LogP contribution in [0.2, 0.25) is 0 Å². The molecule has 2 atom stereocenters. The number of hydroxylamine groups is 8. The molecule has 2 aromatic carbocycles. The summed E-state index contributed by atoms with van der Waals surface area (Å²) in [6.45, 7) is 15.5. The average molecular weight is 787 g/mol. The van der Waals surface area contributed by atoms with Crippen molar-refractivity contribution in [2.45, 2.75) is 117 Å². The van der Waals surface area contributed by atoms with E-state index in [0.717, 1.165) is 57.3 Å². The second-order valence-electron chi connectivity index (χ2n) is 16.6. The first-order valence-corrected chi connectivity index (χ1v) is 20.6. The second-order valence-corrected chi connectivity index (χ2v) is 16.6. The Morgan fingerprint density at radius 2 is 0.930 bits per heavy atom. The fourth-order valence-corrected chi connectivity index (χ4v) is 10.2. The maximum absolute atomic E-state index is 15.4. The third-order valence-corrected chi connectivity index (χ3v) is 12.8. The summed E-state index contributed by atoms with van der Waals surface area (Å²) in [5.41, 5.74) is 6.39. The Morgan fingerprint density at radius 1 is 0.579 bits per heavy atom. The van der Waals surface area contributed by atoms with Crippen LogP contribution in [-0.4, -0.2) is 109 Å². The Labute approximate surface area is 336 Å². The van der Waals surface area contributed by atoms with Gasteiger partial charge in [-0.25, -0.2) is 19.8 Å². The van der Waals surface area contributed by atoms with Gasteiger partial charge in [0.25, 0.3) is 11.8 Å². The van der Waals surface area contributed by atoms with E-state index in [9.17, 15) is 0 Å². The van der Waals surface area contributed by atoms with Crippen LogP contribution in [-0.2, 0) is 43.2 Å². The molecule has 13 heteroatoms. The minimum atomic E-state index is -1.05. The lowest BCUT2D eigenvalue weighted by Crippen LogP contribution is -2.57. The van der Waals surface area contributed by atoms with Crippen molar-refractivity contribution in [2.75, 3.05) is 53.6 Å². The number of piperidine rings is 2. The quantitative estimate of drug-likeness (QED) is 0.271. The fourth-order valence-electron chi connectivity index (χ4n) is 10.2. The molecule has 2 unspecified atom stereocenters. The van der Waals surface area contributed by atoms with Crippen molar-refractivity contribution in [3.05, 3.63) is 80.3 Å². The van der Waals surface area contributed by atoms with E-state index in [1.165, 1.54) is 0 Å². The molecule has 6 aliphatic heterocycles. The zero-order valence-electron chi connectivity index (χ0n) is 34.8. The maximum atomic E-state index is 15.4. The van der Waals surface area contributed by atoms with E-state index >= 15 is 9.59 Å². The van der Waals surface area contributed by atoms with Crippen LogP contribution in [0.1, 0.15) is 95.9 Å². The second kappa shape index (κ2) is 15.8. The van der Waals surface area contributed by atoms with Gasteiger partial charge in [0.15, 0.2) is 12.6 Å². The molecule has 0 aliphatic carbocycles. The molecule has 4 saturated heterocycles. The maximum Gasteiger partial charge on any atom is 0.282 e. The molecule has 0 bridgehead atoms. The number of carbonyl (C=O) groups is 2. The van der Waals surface area contributed by atoms with Crippen LogP contribution in [0.25, 0.3) is 11.1 Å². The van der Waals surface area contributed by atoms with E-state index < -0.39 is 23.7 Å². The Bertz CT molecular complexity index is 1780. The van der Waals surface area contributed by atoms with Gasteiger partial charge >= 0.3 is 0 Å². The van der Waals surface area contributed by atoms with Crippen LogP contribution in [0.15, 0.2) is 35.8 Å². The molecule has 0 saturated carbocycles. The van der Waals surface area contributed by atoms with Crippen molar-refractivity contribution < 1.29 is 43.2 Å². The summed E-state index contributed by atoms with van der Waals surface area (Å²) in [5, 5.41) is 6.92. The summed E-state index contributed by atoms with van der Waals surface area (Å²) < 4.78 is 19.7. The first-order valence-electron chi connectivity index (χ1n) is 20.6. The highest BCUT2D eigenvalue weighted by molar-refractivity contribution is 6.25. The normalized spacial score (nSPS) is 25.4. The summed E-state index contributed by atoms with van der Waals surface area (Å²) >= 11 is 0. The number of nitrogens with zero attached hydrogens (tertiary/aromatic N) is 4. The van der Waals surface area contributed by atoms with Crippen molar-refractivity contribution in [3.63, 3.8) is 0 Å². The molecule has 0 aromatic heterocycles. The van der Waals surface area contributed by atoms with Crippen LogP contribution in [0, 0.1) is 41.5 Å². The molecule has 13 nitrogen and oxygen atoms in total. The molecule has 6 aliphatic rings. The van der Waals surface area contributed by atoms with Gasteiger partial charge in [0, 0.05) is 39.0 Å². The third-order valence-electron chi connectivity index (χ3n) is 12.8. The summed E-state index contributed by atoms with van der Waals surface area (Å²) in [6.07, 6.45) is 3.71. The van der Waals surface area contributed by atoms with Crippen LogP contribution in [0.4, 0.5) is 0 Å². The predicted octanol–water partition coefficient (Wildman–Crippen LogP) is 6.29. The number of carbonyl (C=O) groups excluding carboxylic acids is 2. The number of hydrogen-bond acceptors (Lipinski definition) is 11. The molecular weight excluding hydrogens is 729 g/mol. The first-order chi connectivity index (χ1) is 27.4. The van der Waals surface area contributed by atoms with Crippen LogP contribution in [0.3, 0.4) is 0 Å². The van der Waals surface area contributed by atoms with Crippen molar-refractivity contribution >= 4 is 23.0 Å². The smallest absolute Gasteiger partial charge is 0.282 e. The van der Waals surface area contributed by atoms with E-state index in [1.807, 2.05) is 37.8 Å². The summed E-state index contributed by atoms with van der Waals surface area (Å²) in [4.78, 5) is 55.6. The molecule has 2 spiro atoms. The van der Waals surface area contributed by atoms with E-state index in [1.54, 1.807) is 24.3 Å². The number of hydrogen-bond donors (Lipinski definition) is 0. The van der Waals surface area contributed by atoms with Crippen molar-refractivity contribution in [3.8, 4) is 0 Å². The van der Waals surface area contributed by atoms with E-state index in [2.05, 4.69) is 38.1 Å². The van der Waals surface area contributed by atoms with Crippen LogP contribution in [0.5, 0.6) is 0 Å². The minimum absolute atomic E-state index is 0.286. The standard InChI is InChI=1S/C44H58N4O9/c1-27-23-29(3)35(30(4)24-27)37-39(43(13-17-45(51-7)18-14-43)47(41(37)49)56-33-11-9-21-53-33)55-40-38(36-31(5)25-28(2)26-32(36)6)42(50)48(57-34-12-10-22-54-34)44(40)15-19-46(52-8)20-16-44/h23-26,33-34H,9-22H2,1-8H3. The van der Waals surface area contributed by atoms with Crippen LogP contribution >= 0.6 is 0 Å². The highest BCUT2D eigenvalue weighted by atomic mass is 16.8. The fraction of sp³-hybridized carbons (Fsp3) is 0.591. The molecular formula is C44H58N4O9. The third kappa shape index (κ3) is 6.93. The van der Waals surface area contributed by atoms with Crippen molar-refractivity contribution in [2.24, 2.45) is 0 Å². The Morgan fingerprint density at radius 3 is 1.23 bits per heavy atom. The average Bonchev–Trinajstić information content (AvgIpc) is 3.97. The molecule has 0 radical (unpaired) electrons. The van der Waals surface area contributed by atoms with Gasteiger partial charge in [0.1, 0.15) is 22.6 Å². The van der Waals surface area contributed by atoms with Gasteiger partial charge in [0.2, 0.25) is 0 Å². The number of benzene rings is 2. The minimum Gasteiger partial charge on any atom is -0.459 e. The van der Waals surface area contributed by atoms with Gasteiger partial charge in [-0.3, -0.25) is 9.59 Å². The van der Waals surface area contributed by atoms with Gasteiger partial charge in [-0.15, -0.1) is 0 Å². The first kappa shape index (κ1) is 40.1. The molecule has 308 valence electrons. The Balaban J connectivity index is 1.39. The summed E-state index contributed by atoms with van der Waals surface area (Å²) in [5.74, 6) is 0.385. The number of ether oxygens (including phenoxy) is 3. The SMILES string of the molecule is CON1CCC2(CC1)C(OC1=C(c3c(C)cc(C)cc3C)C(=O)N(OC3CCCO3)C13CCN(OC)CC3)=C(c1c(C)cc(C)cc1C)C(=O)N2OC1CCCO1. The highest BCUT2D eigenvalue weighted by Gasteiger charge is 2.62. The Kier molecular flexibility index (Phi) is 11.1. The highest BCUT2D eigenvalue weighted by Crippen LogP contribution is 2.55. The Hall–Kier alpha value is -3.66. The van der Waals surface area contributed by atoms with Gasteiger partial charge in [-0.05, 0) is 113 Å². The molecule has 6 heterocycles. The van der Waals surface area contributed by atoms with Gasteiger partial charge < -0.3 is 23.9 Å². The van der Waals surface area contributed by atoms with Crippen molar-refractivity contribution in [1.29, 1.82) is 0 Å². The summed E-state index contributed by atoms with van der Waals surface area (Å²) in [7, 11) is 3.34. The van der Waals surface area contributed by atoms with Crippen LogP contribution < -0.4 is 0 Å². The van der Waals surface area contributed by atoms with Gasteiger partial charge in [-0.2, -0.15) is 10.1 Å². The zero-order chi connectivity index (χ0) is 40.2. The number of amides is 2. The molecule has 2 aromatic rings. The molecule has 8 rings (SSSR count). The number of aryl methyl sites for hydroxylation is 6. The monoisotopic (exact) mass is 786 g/mol. The lowest BCUT2D eigenvalue weighted by Gasteiger charge is -2.47.